The van der Waals surface area contributed by atoms with Crippen molar-refractivity contribution in [1.82, 2.24) is 29.9 Å². The number of nitrogens with two attached hydrogens (primary N) is 2. The standard InChI is InChI=1S/C10H16N4.C8H12ClN3.C8H13N3/c1-6-13-8(10(2,3)4)7-9(14-6)12-5-11-7;1-8(2,3)5-4-6(9)12-7(10)11-5;1-8(2,3)7-10-5-4-6(9)11-7/h11H,5H2,1-4H3,(H,12,13,14);4H,1-3H3,(H2,10,11,12);4-5H,1-3H3,(H2,9,10,11). The van der Waals surface area contributed by atoms with Gasteiger partial charge in [-0.15, -0.1) is 0 Å². The van der Waals surface area contributed by atoms with Crippen molar-refractivity contribution in [2.45, 2.75) is 85.5 Å². The van der Waals surface area contributed by atoms with Gasteiger partial charge in [0.15, 0.2) is 5.82 Å². The second-order valence-corrected chi connectivity index (χ2v) is 12.2. The Kier molecular flexibility index (Phi) is 9.24. The van der Waals surface area contributed by atoms with Gasteiger partial charge in [0.1, 0.15) is 28.3 Å². The minimum absolute atomic E-state index is 0.0185. The molecular formula is C26H41ClN10. The highest BCUT2D eigenvalue weighted by atomic mass is 35.5. The third-order valence-corrected chi connectivity index (χ3v) is 5.27. The average Bonchev–Trinajstić information content (AvgIpc) is 3.20. The summed E-state index contributed by atoms with van der Waals surface area (Å²) in [5.74, 6) is 3.31. The van der Waals surface area contributed by atoms with Gasteiger partial charge in [-0.25, -0.2) is 29.9 Å². The van der Waals surface area contributed by atoms with Gasteiger partial charge in [-0.2, -0.15) is 0 Å². The lowest BCUT2D eigenvalue weighted by atomic mass is 9.90. The number of nitrogen functional groups attached to an aromatic ring is 2. The van der Waals surface area contributed by atoms with Crippen LogP contribution in [0.5, 0.6) is 0 Å². The highest BCUT2D eigenvalue weighted by Crippen LogP contribution is 2.34. The van der Waals surface area contributed by atoms with Crippen LogP contribution in [0.3, 0.4) is 0 Å². The molecule has 6 N–H and O–H groups in total. The first-order valence-corrected chi connectivity index (χ1v) is 12.5. The number of rotatable bonds is 0. The number of nitrogens with zero attached hydrogens (tertiary/aromatic N) is 6. The third kappa shape index (κ3) is 8.96. The van der Waals surface area contributed by atoms with Gasteiger partial charge in [-0.3, -0.25) is 0 Å². The van der Waals surface area contributed by atoms with Gasteiger partial charge in [-0.1, -0.05) is 73.9 Å². The maximum absolute atomic E-state index is 5.73. The van der Waals surface area contributed by atoms with Crippen LogP contribution in [0.2, 0.25) is 5.15 Å². The van der Waals surface area contributed by atoms with Crippen molar-refractivity contribution < 1.29 is 0 Å². The maximum Gasteiger partial charge on any atom is 0.221 e. The van der Waals surface area contributed by atoms with Crippen molar-refractivity contribution in [1.29, 1.82) is 0 Å². The molecule has 1 aliphatic heterocycles. The molecule has 0 unspecified atom stereocenters. The Morgan fingerprint density at radius 2 is 1.46 bits per heavy atom. The largest absolute Gasteiger partial charge is 0.384 e. The summed E-state index contributed by atoms with van der Waals surface area (Å²) >= 11 is 5.73. The predicted molar refractivity (Wildman–Crippen MR) is 153 cm³/mol. The smallest absolute Gasteiger partial charge is 0.221 e. The summed E-state index contributed by atoms with van der Waals surface area (Å²) in [4.78, 5) is 24.9. The van der Waals surface area contributed by atoms with E-state index >= 15 is 0 Å². The van der Waals surface area contributed by atoms with Crippen LogP contribution in [0.4, 0.5) is 23.3 Å². The summed E-state index contributed by atoms with van der Waals surface area (Å²) in [5, 5.41) is 6.85. The lowest BCUT2D eigenvalue weighted by Gasteiger charge is -2.20. The molecule has 37 heavy (non-hydrogen) atoms. The molecule has 4 heterocycles. The lowest BCUT2D eigenvalue weighted by molar-refractivity contribution is 0.546. The van der Waals surface area contributed by atoms with E-state index in [1.807, 2.05) is 27.7 Å². The monoisotopic (exact) mass is 528 g/mol. The van der Waals surface area contributed by atoms with Crippen molar-refractivity contribution in [2.24, 2.45) is 0 Å². The summed E-state index contributed by atoms with van der Waals surface area (Å²) in [6.45, 7) is 21.5. The molecule has 3 aromatic rings. The molecule has 0 saturated carbocycles. The summed E-state index contributed by atoms with van der Waals surface area (Å²) in [6.07, 6.45) is 1.68. The normalized spacial score (nSPS) is 12.7. The topological polar surface area (TPSA) is 153 Å². The molecule has 0 bridgehead atoms. The molecule has 11 heteroatoms. The Labute approximate surface area is 225 Å². The van der Waals surface area contributed by atoms with Crippen LogP contribution in [0.25, 0.3) is 0 Å². The summed E-state index contributed by atoms with van der Waals surface area (Å²) in [6, 6.07) is 3.42. The van der Waals surface area contributed by atoms with Gasteiger partial charge < -0.3 is 22.1 Å². The van der Waals surface area contributed by atoms with Crippen LogP contribution < -0.4 is 22.1 Å². The number of hydrogen-bond donors (Lipinski definition) is 4. The second kappa shape index (κ2) is 11.4. The van der Waals surface area contributed by atoms with E-state index in [1.165, 1.54) is 0 Å². The van der Waals surface area contributed by atoms with E-state index in [4.69, 9.17) is 23.1 Å². The molecule has 4 rings (SSSR count). The SMILES string of the molecule is CC(C)(C)c1cc(Cl)nc(N)n1.CC(C)(C)c1nccc(N)n1.Cc1nc2c(c(C(C)(C)C)n1)NCN2. The van der Waals surface area contributed by atoms with E-state index in [9.17, 15) is 0 Å². The maximum atomic E-state index is 5.73. The molecular weight excluding hydrogens is 488 g/mol. The van der Waals surface area contributed by atoms with Crippen LogP contribution in [-0.2, 0) is 16.2 Å². The number of fused-ring (bicyclic) bond motifs is 1. The van der Waals surface area contributed by atoms with Gasteiger partial charge in [-0.05, 0) is 19.1 Å². The van der Waals surface area contributed by atoms with Crippen LogP contribution >= 0.6 is 11.6 Å². The van der Waals surface area contributed by atoms with Crippen LogP contribution in [0.1, 0.15) is 85.4 Å². The Bertz CT molecular complexity index is 1190. The zero-order chi connectivity index (χ0) is 28.2. The molecule has 0 atom stereocenters. The Hall–Kier alpha value is -3.27. The van der Waals surface area contributed by atoms with E-state index in [-0.39, 0.29) is 22.2 Å². The molecule has 202 valence electrons. The molecule has 0 aromatic carbocycles. The van der Waals surface area contributed by atoms with E-state index in [2.05, 4.69) is 82.1 Å². The highest BCUT2D eigenvalue weighted by Gasteiger charge is 2.26. The van der Waals surface area contributed by atoms with Gasteiger partial charge >= 0.3 is 0 Å². The van der Waals surface area contributed by atoms with E-state index < -0.39 is 0 Å². The zero-order valence-electron chi connectivity index (χ0n) is 23.7. The molecule has 0 aliphatic carbocycles. The number of hydrogen-bond acceptors (Lipinski definition) is 10. The van der Waals surface area contributed by atoms with Gasteiger partial charge in [0.05, 0.1) is 18.1 Å². The summed E-state index contributed by atoms with van der Waals surface area (Å²) < 4.78 is 0. The quantitative estimate of drug-likeness (QED) is 0.284. The van der Waals surface area contributed by atoms with Crippen molar-refractivity contribution in [2.75, 3.05) is 28.8 Å². The molecule has 1 aliphatic rings. The van der Waals surface area contributed by atoms with E-state index in [0.29, 0.717) is 11.0 Å². The Morgan fingerprint density at radius 1 is 0.811 bits per heavy atom. The Balaban J connectivity index is 0.000000197. The van der Waals surface area contributed by atoms with Gasteiger partial charge in [0, 0.05) is 22.4 Å². The Morgan fingerprint density at radius 3 is 1.95 bits per heavy atom. The molecule has 0 spiro atoms. The average molecular weight is 529 g/mol. The van der Waals surface area contributed by atoms with Crippen LogP contribution in [0.15, 0.2) is 18.3 Å². The first kappa shape index (κ1) is 30.0. The fraction of sp³-hybridized carbons (Fsp3) is 0.538. The summed E-state index contributed by atoms with van der Waals surface area (Å²) in [5.41, 5.74) is 14.0. The zero-order valence-corrected chi connectivity index (χ0v) is 24.4. The molecule has 10 nitrogen and oxygen atoms in total. The fourth-order valence-electron chi connectivity index (χ4n) is 3.18. The molecule has 3 aromatic heterocycles. The predicted octanol–water partition coefficient (Wildman–Crippen LogP) is 5.24. The van der Waals surface area contributed by atoms with E-state index in [0.717, 1.165) is 41.2 Å². The van der Waals surface area contributed by atoms with Gasteiger partial charge in [0.2, 0.25) is 5.95 Å². The fourth-order valence-corrected chi connectivity index (χ4v) is 3.37. The summed E-state index contributed by atoms with van der Waals surface area (Å²) in [7, 11) is 0. The first-order valence-electron chi connectivity index (χ1n) is 12.1. The number of aryl methyl sites for hydroxylation is 1. The van der Waals surface area contributed by atoms with Crippen molar-refractivity contribution in [3.8, 4) is 0 Å². The third-order valence-electron chi connectivity index (χ3n) is 5.08. The molecule has 0 amide bonds. The minimum atomic E-state index is -0.0410. The molecule has 0 fully saturated rings. The van der Waals surface area contributed by atoms with Crippen molar-refractivity contribution >= 4 is 34.9 Å². The van der Waals surface area contributed by atoms with E-state index in [1.54, 1.807) is 18.3 Å². The lowest BCUT2D eigenvalue weighted by Crippen LogP contribution is -2.16. The number of aromatic nitrogens is 6. The number of anilines is 4. The van der Waals surface area contributed by atoms with Crippen molar-refractivity contribution in [3.63, 3.8) is 0 Å². The van der Waals surface area contributed by atoms with Crippen molar-refractivity contribution in [3.05, 3.63) is 46.5 Å². The van der Waals surface area contributed by atoms with Crippen LogP contribution in [0, 0.1) is 6.92 Å². The number of nitrogens with one attached hydrogen (secondary N) is 2. The molecule has 0 saturated heterocycles. The second-order valence-electron chi connectivity index (χ2n) is 11.9. The minimum Gasteiger partial charge on any atom is -0.384 e. The highest BCUT2D eigenvalue weighted by molar-refractivity contribution is 6.29. The van der Waals surface area contributed by atoms with Gasteiger partial charge in [0.25, 0.3) is 0 Å². The molecule has 0 radical (unpaired) electrons. The number of halogens is 1. The first-order chi connectivity index (χ1) is 16.9. The van der Waals surface area contributed by atoms with Crippen LogP contribution in [-0.4, -0.2) is 36.6 Å².